The van der Waals surface area contributed by atoms with E-state index in [4.69, 9.17) is 4.74 Å². The van der Waals surface area contributed by atoms with E-state index in [2.05, 4.69) is 43.8 Å². The first-order valence-corrected chi connectivity index (χ1v) is 11.1. The first kappa shape index (κ1) is 22.3. The molecule has 1 aliphatic heterocycles. The highest BCUT2D eigenvalue weighted by Crippen LogP contribution is 2.34. The van der Waals surface area contributed by atoms with Crippen molar-refractivity contribution >= 4 is 72.4 Å². The molecule has 9 heteroatoms. The summed E-state index contributed by atoms with van der Waals surface area (Å²) in [5, 5.41) is 2.17. The average molecular weight is 552 g/mol. The van der Waals surface area contributed by atoms with Gasteiger partial charge >= 0.3 is 0 Å². The number of anilines is 1. The molecule has 30 heavy (non-hydrogen) atoms. The number of nitrogens with one attached hydrogen (secondary N) is 1. The van der Waals surface area contributed by atoms with Gasteiger partial charge in [0.05, 0.1) is 4.91 Å². The number of hydrogen-bond acceptors (Lipinski definition) is 5. The SMILES string of the molecule is C=CCOc1ccc(Br)cc1/C=C1/SC(=O)N(CC(=O)Nc2ccc(Br)cc2)C1=O. The van der Waals surface area contributed by atoms with Crippen LogP contribution in [0.1, 0.15) is 5.56 Å². The molecular weight excluding hydrogens is 536 g/mol. The third-order valence-corrected chi connectivity index (χ3v) is 5.85. The molecule has 0 aliphatic carbocycles. The van der Waals surface area contributed by atoms with Crippen LogP contribution in [0.4, 0.5) is 10.5 Å². The van der Waals surface area contributed by atoms with Crippen molar-refractivity contribution in [2.24, 2.45) is 0 Å². The lowest BCUT2D eigenvalue weighted by atomic mass is 10.2. The number of thioether (sulfide) groups is 1. The van der Waals surface area contributed by atoms with Crippen LogP contribution in [-0.4, -0.2) is 35.1 Å². The highest BCUT2D eigenvalue weighted by atomic mass is 79.9. The van der Waals surface area contributed by atoms with E-state index in [1.54, 1.807) is 48.6 Å². The van der Waals surface area contributed by atoms with Crippen LogP contribution in [0.2, 0.25) is 0 Å². The Morgan fingerprint density at radius 3 is 2.53 bits per heavy atom. The molecule has 1 fully saturated rings. The predicted molar refractivity (Wildman–Crippen MR) is 125 cm³/mol. The molecule has 1 heterocycles. The van der Waals surface area contributed by atoms with Crippen LogP contribution in [0.25, 0.3) is 6.08 Å². The van der Waals surface area contributed by atoms with E-state index in [-0.39, 0.29) is 11.4 Å². The van der Waals surface area contributed by atoms with Crippen LogP contribution in [0.5, 0.6) is 5.75 Å². The number of nitrogens with zero attached hydrogens (tertiary/aromatic N) is 1. The largest absolute Gasteiger partial charge is 0.489 e. The number of amides is 3. The summed E-state index contributed by atoms with van der Waals surface area (Å²) >= 11 is 7.50. The van der Waals surface area contributed by atoms with Gasteiger partial charge in [0.25, 0.3) is 11.1 Å². The third kappa shape index (κ3) is 5.62. The number of imide groups is 1. The van der Waals surface area contributed by atoms with E-state index in [1.165, 1.54) is 0 Å². The van der Waals surface area contributed by atoms with Crippen LogP contribution < -0.4 is 10.1 Å². The zero-order chi connectivity index (χ0) is 21.7. The quantitative estimate of drug-likeness (QED) is 0.366. The summed E-state index contributed by atoms with van der Waals surface area (Å²) in [6.07, 6.45) is 3.20. The lowest BCUT2D eigenvalue weighted by Crippen LogP contribution is -2.36. The number of benzene rings is 2. The summed E-state index contributed by atoms with van der Waals surface area (Å²) in [5.41, 5.74) is 1.21. The molecule has 0 unspecified atom stereocenters. The van der Waals surface area contributed by atoms with Gasteiger partial charge in [0.1, 0.15) is 18.9 Å². The first-order chi connectivity index (χ1) is 14.4. The summed E-state index contributed by atoms with van der Waals surface area (Å²) in [6, 6.07) is 12.3. The lowest BCUT2D eigenvalue weighted by molar-refractivity contribution is -0.127. The standard InChI is InChI=1S/C21H16Br2N2O4S/c1-2-9-29-17-8-5-15(23)10-13(17)11-18-20(27)25(21(28)30-18)12-19(26)24-16-6-3-14(22)4-7-16/h2-8,10-11H,1,9,12H2,(H,24,26)/b18-11+. The molecule has 3 rings (SSSR count). The van der Waals surface area contributed by atoms with Crippen molar-refractivity contribution in [3.8, 4) is 5.75 Å². The second-order valence-electron chi connectivity index (χ2n) is 6.10. The molecule has 0 aromatic heterocycles. The van der Waals surface area contributed by atoms with Gasteiger partial charge in [-0.3, -0.25) is 19.3 Å². The van der Waals surface area contributed by atoms with Crippen molar-refractivity contribution in [2.45, 2.75) is 0 Å². The van der Waals surface area contributed by atoms with Gasteiger partial charge in [0, 0.05) is 20.2 Å². The van der Waals surface area contributed by atoms with E-state index in [0.717, 1.165) is 25.6 Å². The maximum Gasteiger partial charge on any atom is 0.294 e. The van der Waals surface area contributed by atoms with Crippen LogP contribution in [0.3, 0.4) is 0 Å². The van der Waals surface area contributed by atoms with Gasteiger partial charge in [0.15, 0.2) is 0 Å². The molecule has 0 radical (unpaired) electrons. The number of carbonyl (C=O) groups excluding carboxylic acids is 3. The van der Waals surface area contributed by atoms with Crippen LogP contribution in [-0.2, 0) is 9.59 Å². The summed E-state index contributed by atoms with van der Waals surface area (Å²) in [7, 11) is 0. The van der Waals surface area contributed by atoms with Gasteiger partial charge in [-0.15, -0.1) is 0 Å². The minimum Gasteiger partial charge on any atom is -0.489 e. The zero-order valence-corrected chi connectivity index (χ0v) is 19.6. The summed E-state index contributed by atoms with van der Waals surface area (Å²) in [5.74, 6) is -0.429. The number of rotatable bonds is 7. The van der Waals surface area contributed by atoms with Gasteiger partial charge < -0.3 is 10.1 Å². The van der Waals surface area contributed by atoms with Crippen molar-refractivity contribution in [1.29, 1.82) is 0 Å². The fourth-order valence-electron chi connectivity index (χ4n) is 2.57. The van der Waals surface area contributed by atoms with E-state index >= 15 is 0 Å². The minimum atomic E-state index is -0.523. The highest BCUT2D eigenvalue weighted by Gasteiger charge is 2.36. The normalized spacial score (nSPS) is 14.9. The Bertz CT molecular complexity index is 1040. The number of halogens is 2. The lowest BCUT2D eigenvalue weighted by Gasteiger charge is -2.12. The fourth-order valence-corrected chi connectivity index (χ4v) is 4.04. The van der Waals surface area contributed by atoms with Gasteiger partial charge in [-0.05, 0) is 60.3 Å². The average Bonchev–Trinajstić information content (AvgIpc) is 2.96. The molecule has 0 spiro atoms. The van der Waals surface area contributed by atoms with Gasteiger partial charge in [-0.25, -0.2) is 0 Å². The van der Waals surface area contributed by atoms with E-state index in [9.17, 15) is 14.4 Å². The molecule has 2 aromatic carbocycles. The first-order valence-electron chi connectivity index (χ1n) is 8.71. The van der Waals surface area contributed by atoms with Crippen molar-refractivity contribution in [3.63, 3.8) is 0 Å². The van der Waals surface area contributed by atoms with E-state index < -0.39 is 17.1 Å². The molecule has 6 nitrogen and oxygen atoms in total. The van der Waals surface area contributed by atoms with Crippen molar-refractivity contribution < 1.29 is 19.1 Å². The smallest absolute Gasteiger partial charge is 0.294 e. The summed E-state index contributed by atoms with van der Waals surface area (Å²) in [6.45, 7) is 3.56. The maximum atomic E-state index is 12.7. The zero-order valence-electron chi connectivity index (χ0n) is 15.6. The number of ether oxygens (including phenoxy) is 1. The van der Waals surface area contributed by atoms with Crippen molar-refractivity contribution in [1.82, 2.24) is 4.90 Å². The number of hydrogen-bond donors (Lipinski definition) is 1. The Balaban J connectivity index is 1.74. The van der Waals surface area contributed by atoms with Gasteiger partial charge in [0.2, 0.25) is 5.91 Å². The molecule has 1 N–H and O–H groups in total. The number of carbonyl (C=O) groups is 3. The summed E-state index contributed by atoms with van der Waals surface area (Å²) in [4.78, 5) is 38.5. The molecule has 0 atom stereocenters. The molecule has 0 bridgehead atoms. The molecule has 1 saturated heterocycles. The van der Waals surface area contributed by atoms with Crippen molar-refractivity contribution in [3.05, 3.63) is 74.5 Å². The Labute approximate surface area is 194 Å². The van der Waals surface area contributed by atoms with Crippen molar-refractivity contribution in [2.75, 3.05) is 18.5 Å². The molecule has 0 saturated carbocycles. The maximum absolute atomic E-state index is 12.7. The molecule has 3 amide bonds. The predicted octanol–water partition coefficient (Wildman–Crippen LogP) is 5.45. The Morgan fingerprint density at radius 1 is 1.13 bits per heavy atom. The topological polar surface area (TPSA) is 75.7 Å². The minimum absolute atomic E-state index is 0.220. The Hall–Kier alpha value is -2.36. The summed E-state index contributed by atoms with van der Waals surface area (Å²) < 4.78 is 7.28. The fraction of sp³-hybridized carbons (Fsp3) is 0.0952. The highest BCUT2D eigenvalue weighted by molar-refractivity contribution is 9.10. The molecule has 2 aromatic rings. The Kier molecular flexibility index (Phi) is 7.52. The molecule has 154 valence electrons. The van der Waals surface area contributed by atoms with Gasteiger partial charge in [-0.2, -0.15) is 0 Å². The van der Waals surface area contributed by atoms with E-state index in [0.29, 0.717) is 23.6 Å². The molecular formula is C21H16Br2N2O4S. The van der Waals surface area contributed by atoms with Crippen LogP contribution in [0.15, 0.2) is 69.0 Å². The third-order valence-electron chi connectivity index (χ3n) is 3.92. The van der Waals surface area contributed by atoms with Gasteiger partial charge in [-0.1, -0.05) is 44.5 Å². The van der Waals surface area contributed by atoms with Crippen LogP contribution >= 0.6 is 43.6 Å². The second-order valence-corrected chi connectivity index (χ2v) is 8.93. The molecule has 1 aliphatic rings. The Morgan fingerprint density at radius 2 is 1.83 bits per heavy atom. The second kappa shape index (κ2) is 10.1. The van der Waals surface area contributed by atoms with E-state index in [1.807, 2.05) is 6.07 Å². The monoisotopic (exact) mass is 550 g/mol. The van der Waals surface area contributed by atoms with Crippen LogP contribution in [0, 0.1) is 0 Å².